The monoisotopic (exact) mass is 295 g/mol. The predicted octanol–water partition coefficient (Wildman–Crippen LogP) is 3.23. The molecule has 1 aromatic heterocycles. The van der Waals surface area contributed by atoms with E-state index in [1.165, 1.54) is 26.1 Å². The lowest BCUT2D eigenvalue weighted by Crippen LogP contribution is -2.40. The zero-order valence-corrected chi connectivity index (χ0v) is 11.1. The van der Waals surface area contributed by atoms with Crippen molar-refractivity contribution < 1.29 is 18.0 Å². The maximum absolute atomic E-state index is 12.1. The molecule has 8 heteroatoms. The molecule has 0 saturated heterocycles. The summed E-state index contributed by atoms with van der Waals surface area (Å²) >= 11 is 5.63. The van der Waals surface area contributed by atoms with E-state index in [1.54, 1.807) is 0 Å². The van der Waals surface area contributed by atoms with Gasteiger partial charge in [0.05, 0.1) is 23.8 Å². The average Bonchev–Trinajstić information content (AvgIpc) is 2.24. The number of carbonyl (C=O) groups excluding carboxylic acids is 1. The maximum Gasteiger partial charge on any atom is 0.389 e. The molecule has 0 spiro atoms. The highest BCUT2D eigenvalue weighted by Gasteiger charge is 2.33. The van der Waals surface area contributed by atoms with Crippen molar-refractivity contribution in [2.75, 3.05) is 5.32 Å². The van der Waals surface area contributed by atoms with Crippen molar-refractivity contribution in [3.8, 4) is 0 Å². The van der Waals surface area contributed by atoms with Crippen LogP contribution in [0.3, 0.4) is 0 Å². The summed E-state index contributed by atoms with van der Waals surface area (Å²) in [7, 11) is 0. The smallest absolute Gasteiger partial charge is 0.372 e. The van der Waals surface area contributed by atoms with Crippen LogP contribution in [0.2, 0.25) is 5.15 Å². The molecule has 0 unspecified atom stereocenters. The fourth-order valence-electron chi connectivity index (χ4n) is 1.41. The Kier molecular flexibility index (Phi) is 4.73. The molecule has 0 aliphatic rings. The van der Waals surface area contributed by atoms with Crippen LogP contribution in [0.25, 0.3) is 0 Å². The quantitative estimate of drug-likeness (QED) is 0.906. The molecule has 0 atom stereocenters. The first-order chi connectivity index (χ1) is 8.60. The summed E-state index contributed by atoms with van der Waals surface area (Å²) in [6.45, 7) is 3.00. The van der Waals surface area contributed by atoms with E-state index in [2.05, 4.69) is 15.5 Å². The molecule has 0 aliphatic heterocycles. The molecule has 0 bridgehead atoms. The zero-order chi connectivity index (χ0) is 14.7. The lowest BCUT2D eigenvalue weighted by Gasteiger charge is -2.26. The minimum absolute atomic E-state index is 0.128. The summed E-state index contributed by atoms with van der Waals surface area (Å²) in [5, 5.41) is 10.0. The lowest BCUT2D eigenvalue weighted by molar-refractivity contribution is -0.144. The number of nitrogens with one attached hydrogen (secondary N) is 1. The molecular formula is C11H13ClF3N3O. The molecule has 1 rings (SSSR count). The summed E-state index contributed by atoms with van der Waals surface area (Å²) in [5.74, 6) is -0.544. The van der Waals surface area contributed by atoms with Gasteiger partial charge in [0.25, 0.3) is 0 Å². The van der Waals surface area contributed by atoms with Crippen LogP contribution in [0.1, 0.15) is 26.7 Å². The van der Waals surface area contributed by atoms with Gasteiger partial charge in [-0.3, -0.25) is 4.79 Å². The van der Waals surface area contributed by atoms with Gasteiger partial charge >= 0.3 is 6.18 Å². The van der Waals surface area contributed by atoms with Crippen LogP contribution in [0.4, 0.5) is 18.9 Å². The number of alkyl halides is 3. The van der Waals surface area contributed by atoms with Crippen molar-refractivity contribution in [3.63, 3.8) is 0 Å². The highest BCUT2D eigenvalue weighted by Crippen LogP contribution is 2.25. The summed E-state index contributed by atoms with van der Waals surface area (Å²) in [6, 6.07) is 1.44. The van der Waals surface area contributed by atoms with Crippen molar-refractivity contribution in [2.45, 2.75) is 38.4 Å². The Morgan fingerprint density at radius 3 is 2.58 bits per heavy atom. The first-order valence-corrected chi connectivity index (χ1v) is 5.84. The normalized spacial score (nSPS) is 12.3. The van der Waals surface area contributed by atoms with Crippen LogP contribution in [0.15, 0.2) is 12.3 Å². The first kappa shape index (κ1) is 15.7. The fourth-order valence-corrected chi connectivity index (χ4v) is 1.57. The fraction of sp³-hybridized carbons (Fsp3) is 0.545. The molecule has 106 valence electrons. The number of Topliss-reactive ketones (excluding diaryl/α,β-unsaturated/α-hetero) is 1. The maximum atomic E-state index is 12.1. The predicted molar refractivity (Wildman–Crippen MR) is 65.0 cm³/mol. The van der Waals surface area contributed by atoms with Gasteiger partial charge in [0.1, 0.15) is 0 Å². The largest absolute Gasteiger partial charge is 0.389 e. The van der Waals surface area contributed by atoms with Gasteiger partial charge in [-0.1, -0.05) is 11.6 Å². The summed E-state index contributed by atoms with van der Waals surface area (Å²) < 4.78 is 36.2. The van der Waals surface area contributed by atoms with E-state index in [0.717, 1.165) is 0 Å². The molecule has 19 heavy (non-hydrogen) atoms. The standard InChI is InChI=1S/C11H13ClF3N3O/c1-10(2,8(19)3-4-11(13,14)15)17-7-5-9(12)18-16-6-7/h5-6H,3-4H2,1-2H3,(H,17,18). The second kappa shape index (κ2) is 5.73. The van der Waals surface area contributed by atoms with E-state index in [0.29, 0.717) is 5.69 Å². The number of aromatic nitrogens is 2. The van der Waals surface area contributed by atoms with E-state index >= 15 is 0 Å². The van der Waals surface area contributed by atoms with Crippen molar-refractivity contribution in [3.05, 3.63) is 17.4 Å². The van der Waals surface area contributed by atoms with Crippen LogP contribution >= 0.6 is 11.6 Å². The topological polar surface area (TPSA) is 54.9 Å². The van der Waals surface area contributed by atoms with Gasteiger partial charge in [-0.05, 0) is 13.8 Å². The number of nitrogens with zero attached hydrogens (tertiary/aromatic N) is 2. The Balaban J connectivity index is 2.67. The van der Waals surface area contributed by atoms with Gasteiger partial charge in [-0.25, -0.2) is 0 Å². The van der Waals surface area contributed by atoms with Gasteiger partial charge in [0.2, 0.25) is 0 Å². The van der Waals surface area contributed by atoms with Crippen LogP contribution in [0.5, 0.6) is 0 Å². The number of hydrogen-bond donors (Lipinski definition) is 1. The van der Waals surface area contributed by atoms with Crippen LogP contribution < -0.4 is 5.32 Å². The Hall–Kier alpha value is -1.37. The van der Waals surface area contributed by atoms with Crippen LogP contribution in [-0.4, -0.2) is 27.7 Å². The number of hydrogen-bond acceptors (Lipinski definition) is 4. The van der Waals surface area contributed by atoms with Crippen molar-refractivity contribution in [1.82, 2.24) is 10.2 Å². The van der Waals surface area contributed by atoms with Gasteiger partial charge in [-0.2, -0.15) is 18.3 Å². The van der Waals surface area contributed by atoms with Crippen LogP contribution in [-0.2, 0) is 4.79 Å². The number of rotatable bonds is 5. The molecule has 1 heterocycles. The van der Waals surface area contributed by atoms with Crippen molar-refractivity contribution in [1.29, 1.82) is 0 Å². The van der Waals surface area contributed by atoms with E-state index in [1.807, 2.05) is 0 Å². The highest BCUT2D eigenvalue weighted by molar-refractivity contribution is 6.29. The molecule has 0 saturated carbocycles. The third-order valence-corrected chi connectivity index (χ3v) is 2.60. The van der Waals surface area contributed by atoms with Crippen molar-refractivity contribution >= 4 is 23.1 Å². The Morgan fingerprint density at radius 2 is 2.05 bits per heavy atom. The Morgan fingerprint density at radius 1 is 1.42 bits per heavy atom. The SMILES string of the molecule is CC(C)(Nc1cnnc(Cl)c1)C(=O)CCC(F)(F)F. The molecule has 1 N–H and O–H groups in total. The second-order valence-corrected chi connectivity index (χ2v) is 4.94. The molecule has 0 aromatic carbocycles. The zero-order valence-electron chi connectivity index (χ0n) is 10.4. The highest BCUT2D eigenvalue weighted by atomic mass is 35.5. The summed E-state index contributed by atoms with van der Waals surface area (Å²) in [6.07, 6.45) is -4.71. The molecule has 0 aliphatic carbocycles. The minimum Gasteiger partial charge on any atom is -0.372 e. The van der Waals surface area contributed by atoms with Crippen molar-refractivity contribution in [2.24, 2.45) is 0 Å². The Labute approximate surface area is 113 Å². The minimum atomic E-state index is -4.34. The summed E-state index contributed by atoms with van der Waals surface area (Å²) in [4.78, 5) is 11.8. The molecule has 0 fully saturated rings. The van der Waals surface area contributed by atoms with E-state index < -0.39 is 30.3 Å². The molecule has 1 aromatic rings. The first-order valence-electron chi connectivity index (χ1n) is 5.46. The molecule has 0 amide bonds. The van der Waals surface area contributed by atoms with Gasteiger partial charge in [0.15, 0.2) is 10.9 Å². The number of halogens is 4. The lowest BCUT2D eigenvalue weighted by atomic mass is 9.95. The number of ketones is 1. The van der Waals surface area contributed by atoms with E-state index in [4.69, 9.17) is 11.6 Å². The van der Waals surface area contributed by atoms with Gasteiger partial charge in [-0.15, -0.1) is 5.10 Å². The average molecular weight is 296 g/mol. The molecule has 0 radical (unpaired) electrons. The second-order valence-electron chi connectivity index (χ2n) is 4.56. The molecule has 4 nitrogen and oxygen atoms in total. The number of anilines is 1. The molecular weight excluding hydrogens is 283 g/mol. The van der Waals surface area contributed by atoms with Crippen LogP contribution in [0, 0.1) is 0 Å². The number of carbonyl (C=O) groups is 1. The third-order valence-electron chi connectivity index (χ3n) is 2.41. The summed E-state index contributed by atoms with van der Waals surface area (Å²) in [5.41, 5.74) is -0.720. The van der Waals surface area contributed by atoms with E-state index in [9.17, 15) is 18.0 Å². The van der Waals surface area contributed by atoms with Gasteiger partial charge in [0, 0.05) is 12.5 Å². The van der Waals surface area contributed by atoms with Gasteiger partial charge < -0.3 is 5.32 Å². The third kappa shape index (κ3) is 5.42. The Bertz CT molecular complexity index is 463. The van der Waals surface area contributed by atoms with E-state index in [-0.39, 0.29) is 5.15 Å².